The summed E-state index contributed by atoms with van der Waals surface area (Å²) in [4.78, 5) is 9.46. The van der Waals surface area contributed by atoms with Crippen molar-refractivity contribution in [3.8, 4) is 5.88 Å². The second kappa shape index (κ2) is 8.45. The number of methoxy groups -OCH3 is 2. The van der Waals surface area contributed by atoms with Crippen LogP contribution in [0.4, 0.5) is 0 Å². The van der Waals surface area contributed by atoms with Crippen molar-refractivity contribution in [2.24, 2.45) is 11.3 Å². The number of ether oxygens (including phenoxy) is 2. The zero-order chi connectivity index (χ0) is 17.7. The van der Waals surface area contributed by atoms with Crippen LogP contribution in [0.5, 0.6) is 5.88 Å². The third kappa shape index (κ3) is 4.31. The van der Waals surface area contributed by atoms with Crippen LogP contribution in [0.15, 0.2) is 18.2 Å². The molecule has 0 aromatic carbocycles. The van der Waals surface area contributed by atoms with Crippen molar-refractivity contribution in [1.82, 2.24) is 14.8 Å². The topological polar surface area (TPSA) is 58.1 Å². The zero-order valence-corrected chi connectivity index (χ0v) is 15.5. The van der Waals surface area contributed by atoms with Crippen LogP contribution in [0.1, 0.15) is 18.5 Å². The average Bonchev–Trinajstić information content (AvgIpc) is 2.99. The molecule has 1 unspecified atom stereocenters. The molecule has 140 valence electrons. The van der Waals surface area contributed by atoms with E-state index < -0.39 is 0 Å². The van der Waals surface area contributed by atoms with E-state index in [0.717, 1.165) is 64.4 Å². The van der Waals surface area contributed by atoms with Crippen molar-refractivity contribution in [3.05, 3.63) is 23.9 Å². The molecule has 1 atom stereocenters. The molecular formula is C19H31N3O3. The molecule has 2 fully saturated rings. The summed E-state index contributed by atoms with van der Waals surface area (Å²) in [6.07, 6.45) is 2.29. The van der Waals surface area contributed by atoms with Crippen molar-refractivity contribution in [2.45, 2.75) is 19.4 Å². The zero-order valence-electron chi connectivity index (χ0n) is 15.5. The Balaban J connectivity index is 1.56. The first kappa shape index (κ1) is 18.6. The Hall–Kier alpha value is -1.21. The average molecular weight is 349 g/mol. The van der Waals surface area contributed by atoms with Crippen LogP contribution < -0.4 is 4.74 Å². The van der Waals surface area contributed by atoms with Crippen molar-refractivity contribution in [3.63, 3.8) is 0 Å². The van der Waals surface area contributed by atoms with Gasteiger partial charge in [-0.3, -0.25) is 4.90 Å². The van der Waals surface area contributed by atoms with E-state index in [0.29, 0.717) is 18.4 Å². The lowest BCUT2D eigenvalue weighted by molar-refractivity contribution is 0.0472. The maximum atomic E-state index is 9.89. The summed E-state index contributed by atoms with van der Waals surface area (Å²) >= 11 is 0. The summed E-state index contributed by atoms with van der Waals surface area (Å²) in [5.74, 6) is 1.07. The van der Waals surface area contributed by atoms with Gasteiger partial charge in [0.1, 0.15) is 0 Å². The molecular weight excluding hydrogens is 318 g/mol. The van der Waals surface area contributed by atoms with E-state index in [9.17, 15) is 5.11 Å². The molecule has 2 aliphatic heterocycles. The molecule has 3 rings (SSSR count). The van der Waals surface area contributed by atoms with Gasteiger partial charge >= 0.3 is 0 Å². The largest absolute Gasteiger partial charge is 0.481 e. The summed E-state index contributed by atoms with van der Waals surface area (Å²) in [6, 6.07) is 5.94. The molecule has 2 saturated heterocycles. The number of pyridine rings is 1. The molecule has 0 amide bonds. The lowest BCUT2D eigenvalue weighted by atomic mass is 9.71. The van der Waals surface area contributed by atoms with E-state index in [1.54, 1.807) is 14.2 Å². The van der Waals surface area contributed by atoms with Gasteiger partial charge in [0.25, 0.3) is 0 Å². The fourth-order valence-electron chi connectivity index (χ4n) is 4.40. The van der Waals surface area contributed by atoms with E-state index in [1.807, 2.05) is 12.1 Å². The predicted octanol–water partition coefficient (Wildman–Crippen LogP) is 1.24. The molecule has 2 aliphatic rings. The van der Waals surface area contributed by atoms with E-state index in [-0.39, 0.29) is 5.41 Å². The van der Waals surface area contributed by atoms with Crippen LogP contribution in [0.2, 0.25) is 0 Å². The number of hydrogen-bond donors (Lipinski definition) is 1. The van der Waals surface area contributed by atoms with Crippen molar-refractivity contribution in [2.75, 3.05) is 60.2 Å². The fraction of sp³-hybridized carbons (Fsp3) is 0.737. The smallest absolute Gasteiger partial charge is 0.213 e. The number of nitrogens with zero attached hydrogens (tertiary/aromatic N) is 3. The highest BCUT2D eigenvalue weighted by Crippen LogP contribution is 2.44. The lowest BCUT2D eigenvalue weighted by Gasteiger charge is -2.42. The van der Waals surface area contributed by atoms with Gasteiger partial charge in [-0.2, -0.15) is 0 Å². The van der Waals surface area contributed by atoms with Gasteiger partial charge in [-0.15, -0.1) is 0 Å². The third-order valence-corrected chi connectivity index (χ3v) is 5.94. The Kier molecular flexibility index (Phi) is 6.28. The summed E-state index contributed by atoms with van der Waals surface area (Å²) < 4.78 is 10.4. The Morgan fingerprint density at radius 3 is 2.72 bits per heavy atom. The Labute approximate surface area is 150 Å². The van der Waals surface area contributed by atoms with Crippen LogP contribution >= 0.6 is 0 Å². The van der Waals surface area contributed by atoms with Crippen LogP contribution in [-0.4, -0.2) is 80.0 Å². The molecule has 1 aromatic heterocycles. The highest BCUT2D eigenvalue weighted by Gasteiger charge is 2.47. The standard InChI is InChI=1S/C19H31N3O3/c1-24-11-10-22-12-16(14-23)19(15-22)6-8-21(9-7-19)13-17-4-3-5-18(20-17)25-2/h3-5,16,23H,6-15H2,1-2H3. The van der Waals surface area contributed by atoms with E-state index in [2.05, 4.69) is 20.9 Å². The molecule has 6 heteroatoms. The quantitative estimate of drug-likeness (QED) is 0.799. The molecule has 0 bridgehead atoms. The predicted molar refractivity (Wildman–Crippen MR) is 96.6 cm³/mol. The second-order valence-corrected chi connectivity index (χ2v) is 7.42. The number of rotatable bonds is 7. The Morgan fingerprint density at radius 1 is 1.24 bits per heavy atom. The van der Waals surface area contributed by atoms with E-state index in [1.165, 1.54) is 0 Å². The second-order valence-electron chi connectivity index (χ2n) is 7.42. The molecule has 6 nitrogen and oxygen atoms in total. The maximum Gasteiger partial charge on any atom is 0.213 e. The minimum absolute atomic E-state index is 0.265. The van der Waals surface area contributed by atoms with Gasteiger partial charge in [0.2, 0.25) is 5.88 Å². The highest BCUT2D eigenvalue weighted by molar-refractivity contribution is 5.15. The summed E-state index contributed by atoms with van der Waals surface area (Å²) in [5, 5.41) is 9.89. The molecule has 0 saturated carbocycles. The molecule has 0 aliphatic carbocycles. The summed E-state index contributed by atoms with van der Waals surface area (Å²) in [7, 11) is 3.40. The summed E-state index contributed by atoms with van der Waals surface area (Å²) in [5.41, 5.74) is 1.32. The van der Waals surface area contributed by atoms with E-state index >= 15 is 0 Å². The number of aliphatic hydroxyl groups excluding tert-OH is 1. The normalized spacial score (nSPS) is 24.0. The van der Waals surface area contributed by atoms with Crippen LogP contribution in [0.3, 0.4) is 0 Å². The monoisotopic (exact) mass is 349 g/mol. The van der Waals surface area contributed by atoms with Gasteiger partial charge in [0.05, 0.1) is 19.4 Å². The molecule has 1 N–H and O–H groups in total. The maximum absolute atomic E-state index is 9.89. The van der Waals surface area contributed by atoms with Crippen LogP contribution in [-0.2, 0) is 11.3 Å². The molecule has 25 heavy (non-hydrogen) atoms. The van der Waals surface area contributed by atoms with Gasteiger partial charge in [0, 0.05) is 51.9 Å². The van der Waals surface area contributed by atoms with E-state index in [4.69, 9.17) is 9.47 Å². The molecule has 0 radical (unpaired) electrons. The van der Waals surface area contributed by atoms with Crippen LogP contribution in [0, 0.1) is 11.3 Å². The van der Waals surface area contributed by atoms with Crippen LogP contribution in [0.25, 0.3) is 0 Å². The van der Waals surface area contributed by atoms with Gasteiger partial charge in [-0.05, 0) is 37.4 Å². The number of likely N-dealkylation sites (tertiary alicyclic amines) is 2. The SMILES string of the molecule is COCCN1CC(CO)C2(CCN(Cc3cccc(OC)n3)CC2)C1. The first-order chi connectivity index (χ1) is 12.2. The minimum Gasteiger partial charge on any atom is -0.481 e. The number of piperidine rings is 1. The minimum atomic E-state index is 0.265. The first-order valence-corrected chi connectivity index (χ1v) is 9.23. The Bertz CT molecular complexity index is 546. The third-order valence-electron chi connectivity index (χ3n) is 5.94. The summed E-state index contributed by atoms with van der Waals surface area (Å²) in [6.45, 7) is 7.10. The fourth-order valence-corrected chi connectivity index (χ4v) is 4.40. The van der Waals surface area contributed by atoms with Crippen molar-refractivity contribution in [1.29, 1.82) is 0 Å². The first-order valence-electron chi connectivity index (χ1n) is 9.23. The van der Waals surface area contributed by atoms with Crippen molar-refractivity contribution < 1.29 is 14.6 Å². The highest BCUT2D eigenvalue weighted by atomic mass is 16.5. The Morgan fingerprint density at radius 2 is 2.04 bits per heavy atom. The number of aromatic nitrogens is 1. The van der Waals surface area contributed by atoms with Crippen molar-refractivity contribution >= 4 is 0 Å². The van der Waals surface area contributed by atoms with Gasteiger partial charge < -0.3 is 19.5 Å². The molecule has 1 spiro atoms. The molecule has 1 aromatic rings. The number of hydrogen-bond acceptors (Lipinski definition) is 6. The lowest BCUT2D eigenvalue weighted by Crippen LogP contribution is -2.44. The van der Waals surface area contributed by atoms with Gasteiger partial charge in [-0.1, -0.05) is 6.07 Å². The molecule has 3 heterocycles. The van der Waals surface area contributed by atoms with Gasteiger partial charge in [-0.25, -0.2) is 4.98 Å². The number of aliphatic hydroxyl groups is 1. The van der Waals surface area contributed by atoms with Gasteiger partial charge in [0.15, 0.2) is 0 Å².